The molecule has 9 heteroatoms. The Labute approximate surface area is 167 Å². The molecule has 0 aliphatic heterocycles. The van der Waals surface area contributed by atoms with Crippen LogP contribution in [0.15, 0.2) is 29.3 Å². The molecule has 25 heavy (non-hydrogen) atoms. The average Bonchev–Trinajstić information content (AvgIpc) is 2.54. The Morgan fingerprint density at radius 2 is 1.84 bits per heavy atom. The van der Waals surface area contributed by atoms with Crippen LogP contribution in [0, 0.1) is 5.82 Å². The second-order valence-corrected chi connectivity index (χ2v) is 7.29. The van der Waals surface area contributed by atoms with Crippen molar-refractivity contribution in [2.24, 2.45) is 4.99 Å². The average molecular weight is 486 g/mol. The quantitative estimate of drug-likeness (QED) is 0.318. The molecule has 1 aromatic rings. The maximum Gasteiger partial charge on any atom is 0.215 e. The number of rotatable bonds is 9. The summed E-state index contributed by atoms with van der Waals surface area (Å²) in [5, 5.41) is 6.07. The summed E-state index contributed by atoms with van der Waals surface area (Å²) in [6.45, 7) is 5.44. The van der Waals surface area contributed by atoms with Gasteiger partial charge in [-0.15, -0.1) is 24.0 Å². The van der Waals surface area contributed by atoms with Gasteiger partial charge < -0.3 is 10.6 Å². The van der Waals surface area contributed by atoms with Gasteiger partial charge >= 0.3 is 0 Å². The molecule has 0 amide bonds. The molecule has 0 aromatic heterocycles. The number of aliphatic imine (C=N–C) groups is 1. The molecule has 0 bridgehead atoms. The molecule has 0 atom stereocenters. The van der Waals surface area contributed by atoms with E-state index < -0.39 is 10.0 Å². The molecule has 0 aliphatic carbocycles. The van der Waals surface area contributed by atoms with Crippen LogP contribution in [0.4, 0.5) is 4.39 Å². The molecule has 0 heterocycles. The van der Waals surface area contributed by atoms with Gasteiger partial charge in [0.15, 0.2) is 5.96 Å². The van der Waals surface area contributed by atoms with E-state index in [0.29, 0.717) is 32.0 Å². The predicted octanol–water partition coefficient (Wildman–Crippen LogP) is 1.82. The van der Waals surface area contributed by atoms with Crippen molar-refractivity contribution >= 4 is 40.0 Å². The van der Waals surface area contributed by atoms with Crippen LogP contribution in [0.5, 0.6) is 0 Å². The number of hydrogen-bond donors (Lipinski definition) is 2. The van der Waals surface area contributed by atoms with Crippen molar-refractivity contribution in [1.82, 2.24) is 14.9 Å². The van der Waals surface area contributed by atoms with Gasteiger partial charge in [-0.25, -0.2) is 17.1 Å². The third kappa shape index (κ3) is 8.82. The molecule has 144 valence electrons. The van der Waals surface area contributed by atoms with Gasteiger partial charge in [-0.3, -0.25) is 4.99 Å². The Bertz CT molecular complexity index is 637. The highest BCUT2D eigenvalue weighted by molar-refractivity contribution is 14.0. The number of hydrogen-bond acceptors (Lipinski definition) is 3. The van der Waals surface area contributed by atoms with Gasteiger partial charge in [-0.2, -0.15) is 0 Å². The van der Waals surface area contributed by atoms with E-state index in [0.717, 1.165) is 5.56 Å². The lowest BCUT2D eigenvalue weighted by molar-refractivity contribution is 0.445. The zero-order valence-corrected chi connectivity index (χ0v) is 18.1. The Balaban J connectivity index is 0.00000576. The van der Waals surface area contributed by atoms with Gasteiger partial charge in [-0.05, 0) is 24.1 Å². The highest BCUT2D eigenvalue weighted by Crippen LogP contribution is 2.03. The molecule has 1 aromatic carbocycles. The molecule has 0 fully saturated rings. The van der Waals surface area contributed by atoms with Crippen molar-refractivity contribution in [1.29, 1.82) is 0 Å². The monoisotopic (exact) mass is 486 g/mol. The highest BCUT2D eigenvalue weighted by Gasteiger charge is 2.18. The Morgan fingerprint density at radius 1 is 1.20 bits per heavy atom. The molecule has 1 rings (SSSR count). The molecule has 0 radical (unpaired) electrons. The van der Waals surface area contributed by atoms with E-state index >= 15 is 0 Å². The Hall–Kier alpha value is -0.940. The van der Waals surface area contributed by atoms with Gasteiger partial charge in [-0.1, -0.05) is 26.0 Å². The molecular formula is C16H28FIN4O2S. The van der Waals surface area contributed by atoms with Gasteiger partial charge in [0.05, 0.1) is 5.75 Å². The lowest BCUT2D eigenvalue weighted by atomic mass is 10.1. The summed E-state index contributed by atoms with van der Waals surface area (Å²) in [6.07, 6.45) is 0.649. The van der Waals surface area contributed by atoms with E-state index in [1.165, 1.54) is 16.4 Å². The van der Waals surface area contributed by atoms with Crippen molar-refractivity contribution in [2.45, 2.75) is 20.3 Å². The van der Waals surface area contributed by atoms with Crippen molar-refractivity contribution in [2.75, 3.05) is 39.0 Å². The van der Waals surface area contributed by atoms with Crippen LogP contribution in [-0.2, 0) is 16.4 Å². The lowest BCUT2D eigenvalue weighted by Gasteiger charge is -2.19. The van der Waals surface area contributed by atoms with Crippen LogP contribution in [0.1, 0.15) is 19.4 Å². The Kier molecular flexibility index (Phi) is 12.0. The van der Waals surface area contributed by atoms with Crippen molar-refractivity contribution in [3.8, 4) is 0 Å². The first kappa shape index (κ1) is 24.1. The minimum Gasteiger partial charge on any atom is -0.356 e. The number of halogens is 2. The first-order chi connectivity index (χ1) is 11.4. The van der Waals surface area contributed by atoms with E-state index in [-0.39, 0.29) is 42.1 Å². The summed E-state index contributed by atoms with van der Waals surface area (Å²) >= 11 is 0. The maximum absolute atomic E-state index is 13.1. The van der Waals surface area contributed by atoms with Crippen LogP contribution < -0.4 is 10.6 Å². The summed E-state index contributed by atoms with van der Waals surface area (Å²) in [7, 11) is -1.63. The van der Waals surface area contributed by atoms with Crippen LogP contribution in [0.2, 0.25) is 0 Å². The number of nitrogens with zero attached hydrogens (tertiary/aromatic N) is 2. The van der Waals surface area contributed by atoms with E-state index in [9.17, 15) is 12.8 Å². The predicted molar refractivity (Wildman–Crippen MR) is 112 cm³/mol. The van der Waals surface area contributed by atoms with Gasteiger partial charge in [0, 0.05) is 33.2 Å². The standard InChI is InChI=1S/C16H27FN4O2S.HI/c1-4-21(5-2)24(22,23)12-11-20-16(18-3)19-10-9-14-7-6-8-15(17)13-14;/h6-8,13H,4-5,9-12H2,1-3H3,(H2,18,19,20);1H. The molecule has 0 aliphatic rings. The third-order valence-corrected chi connectivity index (χ3v) is 5.59. The topological polar surface area (TPSA) is 73.8 Å². The zero-order chi connectivity index (χ0) is 18.0. The number of nitrogens with one attached hydrogen (secondary N) is 2. The second kappa shape index (κ2) is 12.4. The summed E-state index contributed by atoms with van der Waals surface area (Å²) in [4.78, 5) is 4.05. The number of sulfonamides is 1. The molecular weight excluding hydrogens is 458 g/mol. The van der Waals surface area contributed by atoms with Crippen LogP contribution in [0.25, 0.3) is 0 Å². The number of benzene rings is 1. The minimum atomic E-state index is -3.25. The van der Waals surface area contributed by atoms with Crippen molar-refractivity contribution in [3.63, 3.8) is 0 Å². The second-order valence-electron chi connectivity index (χ2n) is 5.21. The van der Waals surface area contributed by atoms with Crippen LogP contribution in [0.3, 0.4) is 0 Å². The first-order valence-electron chi connectivity index (χ1n) is 8.09. The first-order valence-corrected chi connectivity index (χ1v) is 9.70. The van der Waals surface area contributed by atoms with E-state index in [2.05, 4.69) is 15.6 Å². The summed E-state index contributed by atoms with van der Waals surface area (Å²) in [5.41, 5.74) is 0.891. The van der Waals surface area contributed by atoms with Gasteiger partial charge in [0.1, 0.15) is 5.82 Å². The fourth-order valence-corrected chi connectivity index (χ4v) is 3.69. The molecule has 0 saturated carbocycles. The fraction of sp³-hybridized carbons (Fsp3) is 0.562. The maximum atomic E-state index is 13.1. The minimum absolute atomic E-state index is 0. The molecule has 0 saturated heterocycles. The largest absolute Gasteiger partial charge is 0.356 e. The summed E-state index contributed by atoms with van der Waals surface area (Å²) in [6, 6.07) is 6.44. The SMILES string of the molecule is CCN(CC)S(=O)(=O)CCNC(=NC)NCCc1cccc(F)c1.I. The zero-order valence-electron chi connectivity index (χ0n) is 15.0. The number of guanidine groups is 1. The van der Waals surface area contributed by atoms with E-state index in [1.54, 1.807) is 13.1 Å². The Morgan fingerprint density at radius 3 is 2.40 bits per heavy atom. The van der Waals surface area contributed by atoms with Gasteiger partial charge in [0.2, 0.25) is 10.0 Å². The van der Waals surface area contributed by atoms with E-state index in [4.69, 9.17) is 0 Å². The van der Waals surface area contributed by atoms with Crippen molar-refractivity contribution in [3.05, 3.63) is 35.6 Å². The smallest absolute Gasteiger partial charge is 0.215 e. The van der Waals surface area contributed by atoms with Crippen molar-refractivity contribution < 1.29 is 12.8 Å². The highest BCUT2D eigenvalue weighted by atomic mass is 127. The summed E-state index contributed by atoms with van der Waals surface area (Å²) in [5.74, 6) is 0.289. The van der Waals surface area contributed by atoms with E-state index in [1.807, 2.05) is 19.9 Å². The fourth-order valence-electron chi connectivity index (χ4n) is 2.28. The molecule has 6 nitrogen and oxygen atoms in total. The molecule has 0 unspecified atom stereocenters. The third-order valence-electron chi connectivity index (χ3n) is 3.57. The normalized spacial score (nSPS) is 12.0. The lowest BCUT2D eigenvalue weighted by Crippen LogP contribution is -2.42. The van der Waals surface area contributed by atoms with Crippen LogP contribution >= 0.6 is 24.0 Å². The van der Waals surface area contributed by atoms with Crippen LogP contribution in [-0.4, -0.2) is 57.7 Å². The summed E-state index contributed by atoms with van der Waals surface area (Å²) < 4.78 is 38.7. The van der Waals surface area contributed by atoms with Gasteiger partial charge in [0.25, 0.3) is 0 Å². The molecule has 0 spiro atoms. The molecule has 2 N–H and O–H groups in total.